The minimum Gasteiger partial charge on any atom is -0.372 e. The van der Waals surface area contributed by atoms with Crippen molar-refractivity contribution >= 4 is 23.1 Å². The molecule has 0 spiro atoms. The molecule has 4 heteroatoms. The van der Waals surface area contributed by atoms with Crippen molar-refractivity contribution in [1.29, 1.82) is 0 Å². The summed E-state index contributed by atoms with van der Waals surface area (Å²) >= 11 is 0. The Balaban J connectivity index is 1.40. The number of rotatable bonds is 5. The van der Waals surface area contributed by atoms with Crippen LogP contribution < -0.4 is 10.2 Å². The summed E-state index contributed by atoms with van der Waals surface area (Å²) in [5, 5.41) is 2.89. The second-order valence-electron chi connectivity index (χ2n) is 6.91. The van der Waals surface area contributed by atoms with Crippen LogP contribution in [0.4, 0.5) is 11.4 Å². The highest BCUT2D eigenvalue weighted by Crippen LogP contribution is 2.32. The first-order chi connectivity index (χ1) is 12.2. The van der Waals surface area contributed by atoms with Gasteiger partial charge in [0.2, 0.25) is 0 Å². The first kappa shape index (κ1) is 15.9. The Morgan fingerprint density at radius 2 is 1.44 bits per heavy atom. The molecule has 4 rings (SSSR count). The average molecular weight is 334 g/mol. The third-order valence-corrected chi connectivity index (χ3v) is 4.98. The van der Waals surface area contributed by atoms with E-state index in [2.05, 4.69) is 10.2 Å². The third-order valence-electron chi connectivity index (χ3n) is 4.98. The fourth-order valence-corrected chi connectivity index (χ4v) is 3.30. The smallest absolute Gasteiger partial charge is 0.255 e. The number of ketones is 1. The number of carbonyl (C=O) groups is 2. The number of hydrogen-bond donors (Lipinski definition) is 1. The van der Waals surface area contributed by atoms with Crippen molar-refractivity contribution in [2.24, 2.45) is 5.92 Å². The maximum Gasteiger partial charge on any atom is 0.255 e. The van der Waals surface area contributed by atoms with Gasteiger partial charge in [0, 0.05) is 41.5 Å². The van der Waals surface area contributed by atoms with E-state index in [-0.39, 0.29) is 17.6 Å². The SMILES string of the molecule is O=C(Nc1ccc(C(=O)C2CC2)cc1)c1ccc(N2CCCC2)cc1. The number of benzene rings is 2. The van der Waals surface area contributed by atoms with Crippen molar-refractivity contribution in [3.63, 3.8) is 0 Å². The van der Waals surface area contributed by atoms with E-state index >= 15 is 0 Å². The van der Waals surface area contributed by atoms with Gasteiger partial charge in [-0.15, -0.1) is 0 Å². The molecule has 25 heavy (non-hydrogen) atoms. The van der Waals surface area contributed by atoms with Gasteiger partial charge in [0.1, 0.15) is 0 Å². The maximum atomic E-state index is 12.4. The van der Waals surface area contributed by atoms with E-state index in [1.165, 1.54) is 18.5 Å². The zero-order chi connectivity index (χ0) is 17.2. The standard InChI is InChI=1S/C21H22N2O2/c24-20(15-3-4-15)16-5-9-18(10-6-16)22-21(25)17-7-11-19(12-8-17)23-13-1-2-14-23/h5-12,15H,1-4,13-14H2,(H,22,25). The molecule has 0 bridgehead atoms. The highest BCUT2D eigenvalue weighted by Gasteiger charge is 2.30. The molecule has 0 atom stereocenters. The highest BCUT2D eigenvalue weighted by molar-refractivity contribution is 6.05. The first-order valence-corrected chi connectivity index (χ1v) is 9.01. The molecule has 2 aromatic carbocycles. The van der Waals surface area contributed by atoms with Gasteiger partial charge in [-0.05, 0) is 74.2 Å². The lowest BCUT2D eigenvalue weighted by Crippen LogP contribution is -2.18. The topological polar surface area (TPSA) is 49.4 Å². The van der Waals surface area contributed by atoms with Crippen molar-refractivity contribution in [1.82, 2.24) is 0 Å². The van der Waals surface area contributed by atoms with E-state index < -0.39 is 0 Å². The van der Waals surface area contributed by atoms with Gasteiger partial charge in [0.25, 0.3) is 5.91 Å². The molecule has 1 N–H and O–H groups in total. The molecule has 128 valence electrons. The predicted octanol–water partition coefficient (Wildman–Crippen LogP) is 4.13. The van der Waals surface area contributed by atoms with Gasteiger partial charge in [0.15, 0.2) is 5.78 Å². The van der Waals surface area contributed by atoms with Gasteiger partial charge in [-0.2, -0.15) is 0 Å². The molecule has 1 aliphatic carbocycles. The summed E-state index contributed by atoms with van der Waals surface area (Å²) in [6, 6.07) is 15.0. The Morgan fingerprint density at radius 1 is 0.840 bits per heavy atom. The van der Waals surface area contributed by atoms with Crippen molar-refractivity contribution < 1.29 is 9.59 Å². The minimum atomic E-state index is -0.130. The predicted molar refractivity (Wildman–Crippen MR) is 99.3 cm³/mol. The molecule has 2 fully saturated rings. The second-order valence-corrected chi connectivity index (χ2v) is 6.91. The largest absolute Gasteiger partial charge is 0.372 e. The van der Waals surface area contributed by atoms with Crippen LogP contribution in [0.5, 0.6) is 0 Å². The van der Waals surface area contributed by atoms with Gasteiger partial charge in [0.05, 0.1) is 0 Å². The maximum absolute atomic E-state index is 12.4. The van der Waals surface area contributed by atoms with Gasteiger partial charge < -0.3 is 10.2 Å². The van der Waals surface area contributed by atoms with Crippen LogP contribution in [0.3, 0.4) is 0 Å². The fourth-order valence-electron chi connectivity index (χ4n) is 3.30. The number of anilines is 2. The summed E-state index contributed by atoms with van der Waals surface area (Å²) in [7, 11) is 0. The van der Waals surface area contributed by atoms with Gasteiger partial charge >= 0.3 is 0 Å². The molecule has 2 aliphatic rings. The lowest BCUT2D eigenvalue weighted by atomic mass is 10.1. The van der Waals surface area contributed by atoms with Crippen molar-refractivity contribution in [3.8, 4) is 0 Å². The van der Waals surface area contributed by atoms with Gasteiger partial charge in [-0.25, -0.2) is 0 Å². The van der Waals surface area contributed by atoms with E-state index in [0.717, 1.165) is 31.5 Å². The molecule has 4 nitrogen and oxygen atoms in total. The molecule has 0 aromatic heterocycles. The fraction of sp³-hybridized carbons (Fsp3) is 0.333. The third kappa shape index (κ3) is 3.58. The summed E-state index contributed by atoms with van der Waals surface area (Å²) in [4.78, 5) is 26.7. The summed E-state index contributed by atoms with van der Waals surface area (Å²) in [6.07, 6.45) is 4.48. The van der Waals surface area contributed by atoms with Gasteiger partial charge in [-0.3, -0.25) is 9.59 Å². The van der Waals surface area contributed by atoms with Crippen LogP contribution in [-0.4, -0.2) is 24.8 Å². The quantitative estimate of drug-likeness (QED) is 0.836. The number of hydrogen-bond acceptors (Lipinski definition) is 3. The molecule has 1 heterocycles. The van der Waals surface area contributed by atoms with Crippen LogP contribution in [0.1, 0.15) is 46.4 Å². The molecular weight excluding hydrogens is 312 g/mol. The van der Waals surface area contributed by atoms with Crippen LogP contribution in [0, 0.1) is 5.92 Å². The van der Waals surface area contributed by atoms with Crippen LogP contribution >= 0.6 is 0 Å². The molecule has 0 radical (unpaired) electrons. The van der Waals surface area contributed by atoms with Crippen molar-refractivity contribution in [3.05, 3.63) is 59.7 Å². The van der Waals surface area contributed by atoms with E-state index in [4.69, 9.17) is 0 Å². The highest BCUT2D eigenvalue weighted by atomic mass is 16.1. The Labute approximate surface area is 147 Å². The number of Topliss-reactive ketones (excluding diaryl/α,β-unsaturated/α-hetero) is 1. The van der Waals surface area contributed by atoms with Crippen LogP contribution in [0.25, 0.3) is 0 Å². The van der Waals surface area contributed by atoms with Crippen molar-refractivity contribution in [2.75, 3.05) is 23.3 Å². The lowest BCUT2D eigenvalue weighted by Gasteiger charge is -2.17. The van der Waals surface area contributed by atoms with Crippen LogP contribution in [0.2, 0.25) is 0 Å². The summed E-state index contributed by atoms with van der Waals surface area (Å²) in [5.41, 5.74) is 3.26. The number of nitrogens with zero attached hydrogens (tertiary/aromatic N) is 1. The van der Waals surface area contributed by atoms with E-state index in [1.807, 2.05) is 24.3 Å². The number of carbonyl (C=O) groups excluding carboxylic acids is 2. The van der Waals surface area contributed by atoms with Crippen LogP contribution in [-0.2, 0) is 0 Å². The first-order valence-electron chi connectivity index (χ1n) is 9.01. The molecule has 1 saturated carbocycles. The summed E-state index contributed by atoms with van der Waals surface area (Å²) in [5.74, 6) is 0.305. The second kappa shape index (κ2) is 6.71. The summed E-state index contributed by atoms with van der Waals surface area (Å²) < 4.78 is 0. The van der Waals surface area contributed by atoms with Crippen molar-refractivity contribution in [2.45, 2.75) is 25.7 Å². The van der Waals surface area contributed by atoms with Crippen LogP contribution in [0.15, 0.2) is 48.5 Å². The Morgan fingerprint density at radius 3 is 2.04 bits per heavy atom. The molecule has 1 aliphatic heterocycles. The van der Waals surface area contributed by atoms with E-state index in [9.17, 15) is 9.59 Å². The molecule has 1 amide bonds. The normalized spacial score (nSPS) is 16.7. The molecular formula is C21H22N2O2. The Hall–Kier alpha value is -2.62. The number of amides is 1. The Kier molecular flexibility index (Phi) is 4.26. The average Bonchev–Trinajstić information content (AvgIpc) is 3.36. The lowest BCUT2D eigenvalue weighted by molar-refractivity contribution is 0.0967. The molecule has 2 aromatic rings. The zero-order valence-corrected chi connectivity index (χ0v) is 14.2. The molecule has 1 saturated heterocycles. The Bertz CT molecular complexity index is 771. The summed E-state index contributed by atoms with van der Waals surface area (Å²) in [6.45, 7) is 2.19. The molecule has 0 unspecified atom stereocenters. The number of nitrogens with one attached hydrogen (secondary N) is 1. The minimum absolute atomic E-state index is 0.130. The van der Waals surface area contributed by atoms with E-state index in [0.29, 0.717) is 11.3 Å². The van der Waals surface area contributed by atoms with E-state index in [1.54, 1.807) is 24.3 Å². The monoisotopic (exact) mass is 334 g/mol. The van der Waals surface area contributed by atoms with Gasteiger partial charge in [-0.1, -0.05) is 0 Å². The zero-order valence-electron chi connectivity index (χ0n) is 14.2.